The molecule has 0 amide bonds. The lowest BCUT2D eigenvalue weighted by Crippen LogP contribution is -2.17. The Morgan fingerprint density at radius 1 is 1.18 bits per heavy atom. The minimum atomic E-state index is 0.521. The van der Waals surface area contributed by atoms with Gasteiger partial charge in [-0.1, -0.05) is 31.0 Å². The maximum atomic E-state index is 4.89. The fraction of sp³-hybridized carbons (Fsp3) is 0.562. The standard InChI is InChI=1S/C16H21N5S/c1-10-8-13(11(2)17-10)14-9-22-16-19-18-15(21(16)20-14)12-6-4-3-5-7-12/h8,12,17H,3-7,9H2,1-2H3. The van der Waals surface area contributed by atoms with E-state index < -0.39 is 0 Å². The van der Waals surface area contributed by atoms with E-state index in [9.17, 15) is 0 Å². The molecule has 0 unspecified atom stereocenters. The molecule has 116 valence electrons. The molecule has 0 radical (unpaired) electrons. The van der Waals surface area contributed by atoms with Crippen molar-refractivity contribution in [1.82, 2.24) is 19.9 Å². The number of hydrogen-bond donors (Lipinski definition) is 1. The summed E-state index contributed by atoms with van der Waals surface area (Å²) in [5.74, 6) is 2.44. The zero-order valence-corrected chi connectivity index (χ0v) is 13.9. The summed E-state index contributed by atoms with van der Waals surface area (Å²) in [4.78, 5) is 3.37. The summed E-state index contributed by atoms with van der Waals surface area (Å²) >= 11 is 1.74. The monoisotopic (exact) mass is 315 g/mol. The summed E-state index contributed by atoms with van der Waals surface area (Å²) in [6.07, 6.45) is 6.38. The van der Waals surface area contributed by atoms with Gasteiger partial charge in [0.25, 0.3) is 0 Å². The van der Waals surface area contributed by atoms with Crippen LogP contribution in [0.1, 0.15) is 60.8 Å². The zero-order chi connectivity index (χ0) is 15.1. The number of aromatic nitrogens is 4. The highest BCUT2D eigenvalue weighted by atomic mass is 32.2. The van der Waals surface area contributed by atoms with Crippen molar-refractivity contribution in [2.24, 2.45) is 5.10 Å². The molecule has 2 aromatic heterocycles. The van der Waals surface area contributed by atoms with Gasteiger partial charge in [-0.25, -0.2) is 0 Å². The summed E-state index contributed by atoms with van der Waals surface area (Å²) in [5.41, 5.74) is 4.71. The first-order chi connectivity index (χ1) is 10.7. The molecule has 1 saturated carbocycles. The van der Waals surface area contributed by atoms with Gasteiger partial charge in [-0.2, -0.15) is 9.78 Å². The average Bonchev–Trinajstić information content (AvgIpc) is 3.10. The average molecular weight is 315 g/mol. The molecule has 0 spiro atoms. The molecule has 0 saturated heterocycles. The van der Waals surface area contributed by atoms with Crippen molar-refractivity contribution < 1.29 is 0 Å². The van der Waals surface area contributed by atoms with Crippen LogP contribution in [0.15, 0.2) is 16.3 Å². The van der Waals surface area contributed by atoms with E-state index in [-0.39, 0.29) is 0 Å². The van der Waals surface area contributed by atoms with E-state index in [4.69, 9.17) is 5.10 Å². The molecular weight excluding hydrogens is 294 g/mol. The van der Waals surface area contributed by atoms with E-state index in [0.717, 1.165) is 22.4 Å². The van der Waals surface area contributed by atoms with Crippen molar-refractivity contribution >= 4 is 17.5 Å². The van der Waals surface area contributed by atoms with Gasteiger partial charge >= 0.3 is 0 Å². The number of H-pyrrole nitrogens is 1. The molecule has 0 atom stereocenters. The van der Waals surface area contributed by atoms with Gasteiger partial charge in [-0.3, -0.25) is 0 Å². The maximum Gasteiger partial charge on any atom is 0.212 e. The van der Waals surface area contributed by atoms with Gasteiger partial charge < -0.3 is 4.98 Å². The Balaban J connectivity index is 1.72. The van der Waals surface area contributed by atoms with E-state index in [1.54, 1.807) is 11.8 Å². The predicted octanol–water partition coefficient (Wildman–Crippen LogP) is 3.63. The first-order valence-electron chi connectivity index (χ1n) is 8.05. The molecule has 2 aliphatic rings. The second-order valence-electron chi connectivity index (χ2n) is 6.31. The smallest absolute Gasteiger partial charge is 0.212 e. The van der Waals surface area contributed by atoms with E-state index in [2.05, 4.69) is 35.1 Å². The van der Waals surface area contributed by atoms with E-state index in [1.165, 1.54) is 49.1 Å². The van der Waals surface area contributed by atoms with Crippen molar-refractivity contribution in [2.45, 2.75) is 57.0 Å². The molecule has 1 aliphatic carbocycles. The summed E-state index contributed by atoms with van der Waals surface area (Å²) in [6.45, 7) is 4.20. The number of aryl methyl sites for hydroxylation is 2. The van der Waals surface area contributed by atoms with Crippen molar-refractivity contribution in [1.29, 1.82) is 0 Å². The van der Waals surface area contributed by atoms with Crippen LogP contribution < -0.4 is 0 Å². The van der Waals surface area contributed by atoms with Crippen LogP contribution >= 0.6 is 11.8 Å². The van der Waals surface area contributed by atoms with Gasteiger partial charge in [0.05, 0.1) is 5.71 Å². The molecule has 5 nitrogen and oxygen atoms in total. The lowest BCUT2D eigenvalue weighted by Gasteiger charge is -2.21. The number of hydrogen-bond acceptors (Lipinski definition) is 4. The molecule has 22 heavy (non-hydrogen) atoms. The van der Waals surface area contributed by atoms with Crippen molar-refractivity contribution in [2.75, 3.05) is 5.75 Å². The Bertz CT molecular complexity index is 721. The maximum absolute atomic E-state index is 4.89. The molecular formula is C16H21N5S. The molecule has 6 heteroatoms. The van der Waals surface area contributed by atoms with Gasteiger partial charge in [0, 0.05) is 28.6 Å². The van der Waals surface area contributed by atoms with E-state index >= 15 is 0 Å². The van der Waals surface area contributed by atoms with E-state index in [0.29, 0.717) is 5.92 Å². The molecule has 1 N–H and O–H groups in total. The van der Waals surface area contributed by atoms with Crippen LogP contribution in [-0.4, -0.2) is 31.3 Å². The molecule has 3 heterocycles. The summed E-state index contributed by atoms with van der Waals surface area (Å²) < 4.78 is 2.00. The SMILES string of the molecule is Cc1cc(C2=Nn3c(nnc3C3CCCCC3)SC2)c(C)[nH]1. The van der Waals surface area contributed by atoms with Crippen molar-refractivity contribution in [3.05, 3.63) is 28.8 Å². The summed E-state index contributed by atoms with van der Waals surface area (Å²) in [7, 11) is 0. The highest BCUT2D eigenvalue weighted by molar-refractivity contribution is 7.99. The lowest BCUT2D eigenvalue weighted by molar-refractivity contribution is 0.417. The zero-order valence-electron chi connectivity index (χ0n) is 13.1. The fourth-order valence-corrected chi connectivity index (χ4v) is 4.35. The first-order valence-corrected chi connectivity index (χ1v) is 9.03. The molecule has 0 bridgehead atoms. The topological polar surface area (TPSA) is 58.9 Å². The van der Waals surface area contributed by atoms with E-state index in [1.807, 2.05) is 4.68 Å². The number of thioether (sulfide) groups is 1. The number of nitrogens with one attached hydrogen (secondary N) is 1. The quantitative estimate of drug-likeness (QED) is 0.920. The third-order valence-electron chi connectivity index (χ3n) is 4.63. The van der Waals surface area contributed by atoms with Gasteiger partial charge in [0.2, 0.25) is 5.16 Å². The largest absolute Gasteiger partial charge is 0.362 e. The lowest BCUT2D eigenvalue weighted by atomic mass is 9.89. The molecule has 4 rings (SSSR count). The number of nitrogens with zero attached hydrogens (tertiary/aromatic N) is 4. The highest BCUT2D eigenvalue weighted by Crippen LogP contribution is 2.34. The number of aromatic amines is 1. The van der Waals surface area contributed by atoms with Crippen LogP contribution in [0.4, 0.5) is 0 Å². The Morgan fingerprint density at radius 2 is 2.00 bits per heavy atom. The second-order valence-corrected chi connectivity index (χ2v) is 7.26. The normalized spacial score (nSPS) is 19.1. The first kappa shape index (κ1) is 14.1. The highest BCUT2D eigenvalue weighted by Gasteiger charge is 2.26. The van der Waals surface area contributed by atoms with Crippen LogP contribution in [0.5, 0.6) is 0 Å². The number of rotatable bonds is 2. The predicted molar refractivity (Wildman–Crippen MR) is 88.8 cm³/mol. The summed E-state index contributed by atoms with van der Waals surface area (Å²) in [5, 5.41) is 14.6. The van der Waals surface area contributed by atoms with Gasteiger partial charge in [-0.05, 0) is 32.8 Å². The third-order valence-corrected chi connectivity index (χ3v) is 5.56. The minimum Gasteiger partial charge on any atom is -0.362 e. The van der Waals surface area contributed by atoms with Crippen LogP contribution in [-0.2, 0) is 0 Å². The molecule has 0 aromatic carbocycles. The van der Waals surface area contributed by atoms with Crippen LogP contribution in [0.2, 0.25) is 0 Å². The van der Waals surface area contributed by atoms with Crippen LogP contribution in [0.25, 0.3) is 0 Å². The Hall–Kier alpha value is -1.56. The van der Waals surface area contributed by atoms with Crippen LogP contribution in [0, 0.1) is 13.8 Å². The van der Waals surface area contributed by atoms with Crippen LogP contribution in [0.3, 0.4) is 0 Å². The van der Waals surface area contributed by atoms with Crippen molar-refractivity contribution in [3.63, 3.8) is 0 Å². The molecule has 1 aliphatic heterocycles. The van der Waals surface area contributed by atoms with Gasteiger partial charge in [-0.15, -0.1) is 10.2 Å². The Labute approximate surface area is 134 Å². The van der Waals surface area contributed by atoms with Crippen molar-refractivity contribution in [3.8, 4) is 0 Å². The summed E-state index contributed by atoms with van der Waals surface area (Å²) in [6, 6.07) is 2.18. The third kappa shape index (κ3) is 2.39. The Morgan fingerprint density at radius 3 is 2.73 bits per heavy atom. The molecule has 1 fully saturated rings. The van der Waals surface area contributed by atoms with Gasteiger partial charge in [0.15, 0.2) is 5.82 Å². The fourth-order valence-electron chi connectivity index (χ4n) is 3.51. The molecule has 2 aromatic rings. The number of fused-ring (bicyclic) bond motifs is 1. The van der Waals surface area contributed by atoms with Gasteiger partial charge in [0.1, 0.15) is 0 Å². The Kier molecular flexibility index (Phi) is 3.56. The second kappa shape index (κ2) is 5.57. The minimum absolute atomic E-state index is 0.521.